The van der Waals surface area contributed by atoms with Crippen molar-refractivity contribution in [1.82, 2.24) is 4.98 Å². The number of hydrogen-bond donors (Lipinski definition) is 0. The maximum absolute atomic E-state index is 4.19. The summed E-state index contributed by atoms with van der Waals surface area (Å²) in [6.07, 6.45) is 6.39. The summed E-state index contributed by atoms with van der Waals surface area (Å²) in [4.78, 5) is 7.30. The number of H-pyrrole nitrogens is 1. The smallest absolute Gasteiger partial charge is 0.248 e. The normalized spacial score (nSPS) is 17.8. The quantitative estimate of drug-likeness (QED) is 0.539. The molecule has 0 bridgehead atoms. The van der Waals surface area contributed by atoms with E-state index in [1.807, 2.05) is 18.5 Å². The molecule has 0 aromatic carbocycles. The highest BCUT2D eigenvalue weighted by molar-refractivity contribution is 4.98. The van der Waals surface area contributed by atoms with Crippen LogP contribution in [0.5, 0.6) is 0 Å². The molecule has 0 saturated heterocycles. The van der Waals surface area contributed by atoms with Crippen molar-refractivity contribution >= 4 is 0 Å². The lowest BCUT2D eigenvalue weighted by atomic mass is 10.4. The van der Waals surface area contributed by atoms with E-state index in [0.29, 0.717) is 0 Å². The van der Waals surface area contributed by atoms with E-state index in [9.17, 15) is 0 Å². The minimum atomic E-state index is 0.742. The van der Waals surface area contributed by atoms with Gasteiger partial charge in [0.1, 0.15) is 6.20 Å². The van der Waals surface area contributed by atoms with Crippen LogP contribution in [0.2, 0.25) is 0 Å². The lowest BCUT2D eigenvalue weighted by Gasteiger charge is -1.80. The van der Waals surface area contributed by atoms with Crippen LogP contribution >= 0.6 is 0 Å². The van der Waals surface area contributed by atoms with E-state index in [0.717, 1.165) is 11.7 Å². The van der Waals surface area contributed by atoms with E-state index in [-0.39, 0.29) is 0 Å². The average molecular weight is 121 g/mol. The Bertz CT molecular complexity index is 191. The summed E-state index contributed by atoms with van der Waals surface area (Å²) in [5.41, 5.74) is 0. The van der Waals surface area contributed by atoms with Gasteiger partial charge in [0, 0.05) is 6.07 Å². The van der Waals surface area contributed by atoms with Gasteiger partial charge in [0.15, 0.2) is 0 Å². The average Bonchev–Trinajstić information content (AvgIpc) is 2.71. The Kier molecular flexibility index (Phi) is 0.979. The van der Waals surface area contributed by atoms with E-state index < -0.39 is 0 Å². The Hall–Kier alpha value is -0.920. The molecule has 1 aromatic heterocycles. The second-order valence-electron chi connectivity index (χ2n) is 2.44. The van der Waals surface area contributed by atoms with Crippen LogP contribution in [0.25, 0.3) is 0 Å². The van der Waals surface area contributed by atoms with Crippen LogP contribution in [0.3, 0.4) is 0 Å². The van der Waals surface area contributed by atoms with Gasteiger partial charge in [0.2, 0.25) is 0 Å². The predicted molar refractivity (Wildman–Crippen MR) is 32.8 cm³/mol. The number of rotatable bonds is 1. The van der Waals surface area contributed by atoms with Crippen molar-refractivity contribution < 1.29 is 4.98 Å². The highest BCUT2D eigenvalue weighted by atomic mass is 14.9. The first kappa shape index (κ1) is 4.91. The third-order valence-electron chi connectivity index (χ3n) is 1.59. The van der Waals surface area contributed by atoms with Crippen LogP contribution in [-0.2, 0) is 0 Å². The Balaban J connectivity index is 2.29. The molecule has 0 amide bonds. The maximum atomic E-state index is 4.19. The molecule has 1 aliphatic rings. The molecule has 0 atom stereocenters. The third kappa shape index (κ3) is 0.922. The van der Waals surface area contributed by atoms with Gasteiger partial charge in [-0.2, -0.15) is 0 Å². The molecule has 0 radical (unpaired) electrons. The first-order chi connectivity index (χ1) is 4.47. The van der Waals surface area contributed by atoms with Crippen molar-refractivity contribution in [3.05, 3.63) is 24.3 Å². The molecule has 1 heterocycles. The van der Waals surface area contributed by atoms with E-state index in [4.69, 9.17) is 0 Å². The van der Waals surface area contributed by atoms with Crippen LogP contribution in [0.1, 0.15) is 24.6 Å². The fourth-order valence-electron chi connectivity index (χ4n) is 0.917. The minimum absolute atomic E-state index is 0.742. The van der Waals surface area contributed by atoms with Crippen LogP contribution in [0, 0.1) is 0 Å². The van der Waals surface area contributed by atoms with Crippen molar-refractivity contribution in [2.45, 2.75) is 18.8 Å². The molecule has 0 spiro atoms. The molecule has 2 nitrogen and oxygen atoms in total. The van der Waals surface area contributed by atoms with Crippen molar-refractivity contribution in [1.29, 1.82) is 0 Å². The van der Waals surface area contributed by atoms with Gasteiger partial charge in [-0.3, -0.25) is 0 Å². The SMILES string of the molecule is c1cnc(C2CC2)[nH+]c1. The van der Waals surface area contributed by atoms with Gasteiger partial charge in [-0.15, -0.1) is 0 Å². The number of nitrogens with one attached hydrogen (secondary N) is 1. The largest absolute Gasteiger partial charge is 0.299 e. The predicted octanol–water partition coefficient (Wildman–Crippen LogP) is 0.773. The number of aromatic nitrogens is 2. The van der Waals surface area contributed by atoms with E-state index in [2.05, 4.69) is 9.97 Å². The first-order valence-corrected chi connectivity index (χ1v) is 3.29. The fraction of sp³-hybridized carbons (Fsp3) is 0.429. The van der Waals surface area contributed by atoms with Crippen LogP contribution in [0.4, 0.5) is 0 Å². The van der Waals surface area contributed by atoms with E-state index in [1.165, 1.54) is 12.8 Å². The zero-order valence-electron chi connectivity index (χ0n) is 5.17. The van der Waals surface area contributed by atoms with Crippen molar-refractivity contribution in [2.24, 2.45) is 0 Å². The molecule has 1 aromatic rings. The molecule has 1 N–H and O–H groups in total. The zero-order valence-corrected chi connectivity index (χ0v) is 5.17. The van der Waals surface area contributed by atoms with Crippen molar-refractivity contribution in [3.63, 3.8) is 0 Å². The fourth-order valence-corrected chi connectivity index (χ4v) is 0.917. The molecule has 0 aliphatic heterocycles. The topological polar surface area (TPSA) is 27.0 Å². The minimum Gasteiger partial charge on any atom is -0.248 e. The summed E-state index contributed by atoms with van der Waals surface area (Å²) >= 11 is 0. The molecular formula is C7H9N2+. The second kappa shape index (κ2) is 1.79. The van der Waals surface area contributed by atoms with Gasteiger partial charge >= 0.3 is 0 Å². The molecular weight excluding hydrogens is 112 g/mol. The van der Waals surface area contributed by atoms with Gasteiger partial charge in [-0.25, -0.2) is 4.98 Å². The van der Waals surface area contributed by atoms with E-state index in [1.54, 1.807) is 0 Å². The van der Waals surface area contributed by atoms with Gasteiger partial charge in [0.05, 0.1) is 12.1 Å². The molecule has 0 unspecified atom stereocenters. The summed E-state index contributed by atoms with van der Waals surface area (Å²) in [7, 11) is 0. The van der Waals surface area contributed by atoms with Gasteiger partial charge in [-0.05, 0) is 12.8 Å². The summed E-state index contributed by atoms with van der Waals surface area (Å²) in [6, 6.07) is 1.91. The van der Waals surface area contributed by atoms with Gasteiger partial charge in [0.25, 0.3) is 5.82 Å². The molecule has 1 saturated carbocycles. The summed E-state index contributed by atoms with van der Waals surface area (Å²) in [6.45, 7) is 0. The summed E-state index contributed by atoms with van der Waals surface area (Å²) in [5.74, 6) is 1.89. The Morgan fingerprint density at radius 2 is 2.44 bits per heavy atom. The molecule has 1 aliphatic carbocycles. The van der Waals surface area contributed by atoms with Crippen LogP contribution < -0.4 is 4.98 Å². The van der Waals surface area contributed by atoms with Gasteiger partial charge < -0.3 is 0 Å². The highest BCUT2D eigenvalue weighted by Gasteiger charge is 2.30. The Morgan fingerprint density at radius 3 is 3.00 bits per heavy atom. The number of aromatic amines is 1. The Morgan fingerprint density at radius 1 is 1.56 bits per heavy atom. The van der Waals surface area contributed by atoms with Crippen molar-refractivity contribution in [2.75, 3.05) is 0 Å². The lowest BCUT2D eigenvalue weighted by Crippen LogP contribution is -2.10. The second-order valence-corrected chi connectivity index (χ2v) is 2.44. The molecule has 9 heavy (non-hydrogen) atoms. The number of nitrogens with zero attached hydrogens (tertiary/aromatic N) is 1. The van der Waals surface area contributed by atoms with Crippen molar-refractivity contribution in [3.8, 4) is 0 Å². The third-order valence-corrected chi connectivity index (χ3v) is 1.59. The van der Waals surface area contributed by atoms with Crippen LogP contribution in [-0.4, -0.2) is 4.98 Å². The summed E-state index contributed by atoms with van der Waals surface area (Å²) in [5, 5.41) is 0. The zero-order chi connectivity index (χ0) is 6.10. The standard InChI is InChI=1S/C7H8N2/c1-4-8-7(9-5-1)6-2-3-6/h1,4-6H,2-3H2/p+1. The van der Waals surface area contributed by atoms with Crippen LogP contribution in [0.15, 0.2) is 18.5 Å². The molecule has 2 rings (SSSR count). The molecule has 2 heteroatoms. The molecule has 46 valence electrons. The summed E-state index contributed by atoms with van der Waals surface area (Å²) < 4.78 is 0. The Labute approximate surface area is 54.0 Å². The van der Waals surface area contributed by atoms with Gasteiger partial charge in [-0.1, -0.05) is 4.98 Å². The maximum Gasteiger partial charge on any atom is 0.299 e. The monoisotopic (exact) mass is 121 g/mol. The highest BCUT2D eigenvalue weighted by Crippen LogP contribution is 2.36. The lowest BCUT2D eigenvalue weighted by molar-refractivity contribution is -0.395. The first-order valence-electron chi connectivity index (χ1n) is 3.29. The number of hydrogen-bond acceptors (Lipinski definition) is 1. The molecule has 1 fully saturated rings. The van der Waals surface area contributed by atoms with E-state index >= 15 is 0 Å².